The van der Waals surface area contributed by atoms with Gasteiger partial charge in [-0.15, -0.1) is 0 Å². The van der Waals surface area contributed by atoms with Crippen molar-refractivity contribution in [3.63, 3.8) is 0 Å². The third-order valence-electron chi connectivity index (χ3n) is 4.98. The zero-order valence-electron chi connectivity index (χ0n) is 17.4. The standard InChI is InChI=1S/C19H39N5O2/c1-16-9-6-7-10-17(16)22-19(21-15-18(25)23(2)3)20-11-13-24(4)12-8-14-26-5/h16-17H,6-15H2,1-5H3,(H2,20,21,22). The van der Waals surface area contributed by atoms with Crippen molar-refractivity contribution in [3.05, 3.63) is 0 Å². The summed E-state index contributed by atoms with van der Waals surface area (Å²) >= 11 is 0. The lowest BCUT2D eigenvalue weighted by Gasteiger charge is -2.31. The second kappa shape index (κ2) is 12.9. The first-order valence-corrected chi connectivity index (χ1v) is 9.86. The van der Waals surface area contributed by atoms with Gasteiger partial charge in [-0.05, 0) is 32.2 Å². The third kappa shape index (κ3) is 9.38. The molecule has 26 heavy (non-hydrogen) atoms. The minimum Gasteiger partial charge on any atom is -0.385 e. The molecule has 0 aromatic heterocycles. The van der Waals surface area contributed by atoms with Gasteiger partial charge in [-0.3, -0.25) is 4.79 Å². The quantitative estimate of drug-likeness (QED) is 0.344. The summed E-state index contributed by atoms with van der Waals surface area (Å²) in [6.07, 6.45) is 6.02. The average molecular weight is 370 g/mol. The molecule has 0 radical (unpaired) electrons. The Balaban J connectivity index is 2.51. The number of guanidine groups is 1. The number of amides is 1. The van der Waals surface area contributed by atoms with Crippen molar-refractivity contribution in [2.75, 3.05) is 61.0 Å². The Kier molecular flexibility index (Phi) is 11.3. The van der Waals surface area contributed by atoms with Crippen molar-refractivity contribution in [1.82, 2.24) is 20.4 Å². The van der Waals surface area contributed by atoms with Gasteiger partial charge >= 0.3 is 0 Å². The van der Waals surface area contributed by atoms with Gasteiger partial charge in [0.1, 0.15) is 6.54 Å². The van der Waals surface area contributed by atoms with Gasteiger partial charge in [0.05, 0.1) is 0 Å². The van der Waals surface area contributed by atoms with Gasteiger partial charge in [-0.25, -0.2) is 4.99 Å². The van der Waals surface area contributed by atoms with Crippen molar-refractivity contribution in [1.29, 1.82) is 0 Å². The summed E-state index contributed by atoms with van der Waals surface area (Å²) in [6.45, 7) is 5.99. The smallest absolute Gasteiger partial charge is 0.243 e. The average Bonchev–Trinajstić information content (AvgIpc) is 2.61. The molecule has 0 bridgehead atoms. The molecule has 7 nitrogen and oxygen atoms in total. The molecule has 1 rings (SSSR count). The molecule has 0 aromatic rings. The number of carbonyl (C=O) groups is 1. The highest BCUT2D eigenvalue weighted by Crippen LogP contribution is 2.23. The predicted molar refractivity (Wildman–Crippen MR) is 108 cm³/mol. The van der Waals surface area contributed by atoms with Gasteiger partial charge in [0.15, 0.2) is 5.96 Å². The van der Waals surface area contributed by atoms with Crippen molar-refractivity contribution in [2.24, 2.45) is 10.9 Å². The van der Waals surface area contributed by atoms with E-state index in [0.29, 0.717) is 12.0 Å². The number of nitrogens with one attached hydrogen (secondary N) is 2. The van der Waals surface area contributed by atoms with Gasteiger partial charge < -0.3 is 25.2 Å². The van der Waals surface area contributed by atoms with Crippen LogP contribution in [0.5, 0.6) is 0 Å². The lowest BCUT2D eigenvalue weighted by Crippen LogP contribution is -2.49. The maximum Gasteiger partial charge on any atom is 0.243 e. The Morgan fingerprint density at radius 3 is 2.58 bits per heavy atom. The van der Waals surface area contributed by atoms with E-state index in [4.69, 9.17) is 4.74 Å². The zero-order valence-corrected chi connectivity index (χ0v) is 17.4. The fourth-order valence-electron chi connectivity index (χ4n) is 3.10. The molecule has 1 aliphatic rings. The van der Waals surface area contributed by atoms with E-state index < -0.39 is 0 Å². The Bertz CT molecular complexity index is 428. The molecule has 1 saturated carbocycles. The highest BCUT2D eigenvalue weighted by atomic mass is 16.5. The molecule has 152 valence electrons. The number of aliphatic imine (C=N–C) groups is 1. The van der Waals surface area contributed by atoms with Crippen molar-refractivity contribution in [2.45, 2.75) is 45.1 Å². The van der Waals surface area contributed by atoms with Crippen LogP contribution < -0.4 is 10.6 Å². The topological polar surface area (TPSA) is 69.2 Å². The Morgan fingerprint density at radius 1 is 1.19 bits per heavy atom. The molecule has 2 N–H and O–H groups in total. The summed E-state index contributed by atoms with van der Waals surface area (Å²) in [6, 6.07) is 0.434. The monoisotopic (exact) mass is 369 g/mol. The van der Waals surface area contributed by atoms with Crippen LogP contribution in [0.3, 0.4) is 0 Å². The van der Waals surface area contributed by atoms with Crippen LogP contribution in [0.1, 0.15) is 39.0 Å². The van der Waals surface area contributed by atoms with E-state index in [1.807, 2.05) is 0 Å². The van der Waals surface area contributed by atoms with Gasteiger partial charge in [0.25, 0.3) is 0 Å². The number of hydrogen-bond donors (Lipinski definition) is 2. The molecule has 0 heterocycles. The van der Waals surface area contributed by atoms with E-state index in [1.165, 1.54) is 25.7 Å². The van der Waals surface area contributed by atoms with Crippen LogP contribution in [-0.4, -0.2) is 88.7 Å². The normalized spacial score (nSPS) is 20.9. The maximum atomic E-state index is 11.9. The number of likely N-dealkylation sites (N-methyl/N-ethyl adjacent to an activating group) is 2. The summed E-state index contributed by atoms with van der Waals surface area (Å²) < 4.78 is 5.10. The molecular weight excluding hydrogens is 330 g/mol. The number of nitrogens with zero attached hydrogens (tertiary/aromatic N) is 3. The van der Waals surface area contributed by atoms with Crippen molar-refractivity contribution >= 4 is 11.9 Å². The zero-order chi connectivity index (χ0) is 19.4. The number of hydrogen-bond acceptors (Lipinski definition) is 4. The van der Waals surface area contributed by atoms with Crippen LogP contribution in [0.25, 0.3) is 0 Å². The number of methoxy groups -OCH3 is 1. The number of rotatable bonds is 10. The van der Waals surface area contributed by atoms with E-state index in [-0.39, 0.29) is 12.5 Å². The Hall–Kier alpha value is -1.34. The lowest BCUT2D eigenvalue weighted by molar-refractivity contribution is -0.127. The molecule has 1 fully saturated rings. The van der Waals surface area contributed by atoms with Gasteiger partial charge in [0, 0.05) is 53.5 Å². The minimum absolute atomic E-state index is 0.0134. The van der Waals surface area contributed by atoms with Crippen LogP contribution in [0, 0.1) is 5.92 Å². The van der Waals surface area contributed by atoms with E-state index in [9.17, 15) is 4.79 Å². The second-order valence-electron chi connectivity index (χ2n) is 7.54. The molecule has 7 heteroatoms. The predicted octanol–water partition coefficient (Wildman–Crippen LogP) is 1.16. The molecule has 2 unspecified atom stereocenters. The van der Waals surface area contributed by atoms with E-state index in [0.717, 1.165) is 38.6 Å². The largest absolute Gasteiger partial charge is 0.385 e. The molecule has 1 aliphatic carbocycles. The molecule has 0 spiro atoms. The van der Waals surface area contributed by atoms with Crippen LogP contribution >= 0.6 is 0 Å². The summed E-state index contributed by atoms with van der Waals surface area (Å²) in [5.74, 6) is 1.40. The van der Waals surface area contributed by atoms with Crippen LogP contribution in [0.4, 0.5) is 0 Å². The Morgan fingerprint density at radius 2 is 1.92 bits per heavy atom. The van der Waals surface area contributed by atoms with Gasteiger partial charge in [0.2, 0.25) is 5.91 Å². The first-order valence-electron chi connectivity index (χ1n) is 9.86. The second-order valence-corrected chi connectivity index (χ2v) is 7.54. The molecule has 0 saturated heterocycles. The molecule has 0 aliphatic heterocycles. The number of carbonyl (C=O) groups excluding carboxylic acids is 1. The SMILES string of the molecule is COCCCN(C)CCNC(=NCC(=O)N(C)C)NC1CCCCC1C. The van der Waals surface area contributed by atoms with Crippen molar-refractivity contribution < 1.29 is 9.53 Å². The first kappa shape index (κ1) is 22.7. The van der Waals surface area contributed by atoms with E-state index >= 15 is 0 Å². The van der Waals surface area contributed by atoms with E-state index in [2.05, 4.69) is 34.5 Å². The molecule has 1 amide bonds. The van der Waals surface area contributed by atoms with Gasteiger partial charge in [-0.2, -0.15) is 0 Å². The van der Waals surface area contributed by atoms with Crippen LogP contribution in [0.2, 0.25) is 0 Å². The minimum atomic E-state index is 0.0134. The van der Waals surface area contributed by atoms with Crippen molar-refractivity contribution in [3.8, 4) is 0 Å². The highest BCUT2D eigenvalue weighted by molar-refractivity contribution is 5.84. The van der Waals surface area contributed by atoms with E-state index in [1.54, 1.807) is 26.1 Å². The fraction of sp³-hybridized carbons (Fsp3) is 0.895. The number of ether oxygens (including phenoxy) is 1. The molecule has 0 aromatic carbocycles. The summed E-state index contributed by atoms with van der Waals surface area (Å²) in [5.41, 5.74) is 0. The maximum absolute atomic E-state index is 11.9. The third-order valence-corrected chi connectivity index (χ3v) is 4.98. The summed E-state index contributed by atoms with van der Waals surface area (Å²) in [4.78, 5) is 20.2. The Labute approximate surface area is 159 Å². The molecular formula is C19H39N5O2. The van der Waals surface area contributed by atoms with Crippen LogP contribution in [0.15, 0.2) is 4.99 Å². The van der Waals surface area contributed by atoms with Crippen LogP contribution in [-0.2, 0) is 9.53 Å². The van der Waals surface area contributed by atoms with Gasteiger partial charge in [-0.1, -0.05) is 19.8 Å². The summed E-state index contributed by atoms with van der Waals surface area (Å²) in [7, 11) is 7.37. The highest BCUT2D eigenvalue weighted by Gasteiger charge is 2.22. The first-order chi connectivity index (χ1) is 12.4. The summed E-state index contributed by atoms with van der Waals surface area (Å²) in [5, 5.41) is 6.95. The molecule has 2 atom stereocenters. The lowest BCUT2D eigenvalue weighted by atomic mass is 9.86. The fourth-order valence-corrected chi connectivity index (χ4v) is 3.10.